The Labute approximate surface area is 314 Å². The molecule has 5 rings (SSSR count). The van der Waals surface area contributed by atoms with E-state index in [-0.39, 0.29) is 24.9 Å². The summed E-state index contributed by atoms with van der Waals surface area (Å²) in [5, 5.41) is 12.7. The Bertz CT molecular complexity index is 1740. The van der Waals surface area contributed by atoms with Crippen LogP contribution in [0.25, 0.3) is 0 Å². The minimum absolute atomic E-state index is 0.0278. The summed E-state index contributed by atoms with van der Waals surface area (Å²) in [5.74, 6) is -2.79. The zero-order valence-electron chi connectivity index (χ0n) is 27.8. The molecule has 52 heavy (non-hydrogen) atoms. The van der Waals surface area contributed by atoms with Crippen molar-refractivity contribution in [3.05, 3.63) is 111 Å². The third kappa shape index (κ3) is 10.4. The number of alkyl halides is 3. The lowest BCUT2D eigenvalue weighted by atomic mass is 9.92. The van der Waals surface area contributed by atoms with Crippen LogP contribution in [-0.2, 0) is 52.3 Å². The molecule has 2 N–H and O–H groups in total. The Kier molecular flexibility index (Phi) is 13.5. The number of benzene rings is 3. The number of nitrogens with one attached hydrogen (secondary N) is 1. The maximum atomic E-state index is 14.0. The molecule has 0 saturated carbocycles. The van der Waals surface area contributed by atoms with E-state index < -0.39 is 78.9 Å². The second-order valence-electron chi connectivity index (χ2n) is 12.3. The van der Waals surface area contributed by atoms with E-state index in [1.807, 2.05) is 60.7 Å². The van der Waals surface area contributed by atoms with Gasteiger partial charge >= 0.3 is 24.2 Å². The van der Waals surface area contributed by atoms with E-state index in [0.717, 1.165) is 44.3 Å². The van der Waals surface area contributed by atoms with Crippen LogP contribution in [0.5, 0.6) is 0 Å². The highest BCUT2D eigenvalue weighted by atomic mass is 79.9. The third-order valence-electron chi connectivity index (χ3n) is 8.63. The van der Waals surface area contributed by atoms with E-state index in [4.69, 9.17) is 23.7 Å². The number of halogens is 5. The molecular weight excluding hydrogens is 819 g/mol. The third-order valence-corrected chi connectivity index (χ3v) is 9.61. The lowest BCUT2D eigenvalue weighted by molar-refractivity contribution is -0.300. The first-order valence-electron chi connectivity index (χ1n) is 16.3. The molecule has 1 saturated heterocycles. The van der Waals surface area contributed by atoms with Gasteiger partial charge in [-0.2, -0.15) is 13.2 Å². The molecule has 1 fully saturated rings. The normalized spacial score (nSPS) is 26.1. The standard InChI is InChI=1S/C37H36Br2F3NO9/c1-48-35-32-31(30(29(20-44)49-35)52-36(47)43-28-14-12-25(13-15-28)37(40,41)42)50-33(45)23(16-21-6-4-10-26(38)18-21)8-2-3-9-24(34(46)51-32)17-22-7-5-11-27(39)19-22/h2-7,10-15,18-19,23-24,29-32,35,44H,8-9,16-17,20H2,1H3,(H,43,47)/b3-2+/t23-,24-,29+,30+,31-,32+,35-/m0/s1. The molecular formula is C37H36Br2F3NO9. The van der Waals surface area contributed by atoms with Crippen LogP contribution in [0.15, 0.2) is 93.9 Å². The molecule has 2 heterocycles. The van der Waals surface area contributed by atoms with Crippen molar-refractivity contribution in [3.8, 4) is 0 Å². The minimum Gasteiger partial charge on any atom is -0.454 e. The molecule has 10 nitrogen and oxygen atoms in total. The van der Waals surface area contributed by atoms with Gasteiger partial charge in [-0.1, -0.05) is 68.3 Å². The number of ether oxygens (including phenoxy) is 5. The average Bonchev–Trinajstić information content (AvgIpc) is 3.09. The lowest BCUT2D eigenvalue weighted by Gasteiger charge is -2.44. The summed E-state index contributed by atoms with van der Waals surface area (Å²) >= 11 is 6.92. The molecule has 1 amide bonds. The van der Waals surface area contributed by atoms with Crippen molar-refractivity contribution in [2.75, 3.05) is 19.0 Å². The van der Waals surface area contributed by atoms with Crippen LogP contribution in [0.1, 0.15) is 29.5 Å². The highest BCUT2D eigenvalue weighted by molar-refractivity contribution is 9.10. The maximum absolute atomic E-state index is 14.0. The molecule has 278 valence electrons. The summed E-state index contributed by atoms with van der Waals surface area (Å²) in [4.78, 5) is 41.1. The quantitative estimate of drug-likeness (QED) is 0.135. The molecule has 2 aliphatic rings. The van der Waals surface area contributed by atoms with Crippen LogP contribution in [0.2, 0.25) is 0 Å². The Morgan fingerprint density at radius 3 is 1.88 bits per heavy atom. The van der Waals surface area contributed by atoms with Crippen LogP contribution in [-0.4, -0.2) is 67.6 Å². The topological polar surface area (TPSA) is 130 Å². The van der Waals surface area contributed by atoms with Gasteiger partial charge in [0.25, 0.3) is 0 Å². The van der Waals surface area contributed by atoms with E-state index in [0.29, 0.717) is 6.42 Å². The number of fused-ring (bicyclic) bond motifs is 1. The van der Waals surface area contributed by atoms with Crippen molar-refractivity contribution >= 4 is 55.6 Å². The first-order valence-corrected chi connectivity index (χ1v) is 17.9. The number of carbonyl (C=O) groups is 3. The summed E-state index contributed by atoms with van der Waals surface area (Å²) < 4.78 is 70.1. The molecule has 0 spiro atoms. The predicted molar refractivity (Wildman–Crippen MR) is 189 cm³/mol. The number of hydrogen-bond donors (Lipinski definition) is 2. The fourth-order valence-corrected chi connectivity index (χ4v) is 6.93. The molecule has 0 aliphatic carbocycles. The Morgan fingerprint density at radius 1 is 0.865 bits per heavy atom. The zero-order valence-corrected chi connectivity index (χ0v) is 30.9. The molecule has 7 atom stereocenters. The Morgan fingerprint density at radius 2 is 1.40 bits per heavy atom. The van der Waals surface area contributed by atoms with Crippen molar-refractivity contribution in [2.45, 2.75) is 62.6 Å². The number of rotatable bonds is 8. The highest BCUT2D eigenvalue weighted by Crippen LogP contribution is 2.33. The van der Waals surface area contributed by atoms with Crippen LogP contribution in [0.3, 0.4) is 0 Å². The molecule has 2 aliphatic heterocycles. The Hall–Kier alpha value is -3.76. The monoisotopic (exact) mass is 853 g/mol. The second kappa shape index (κ2) is 17.8. The van der Waals surface area contributed by atoms with Gasteiger partial charge in [-0.05, 0) is 85.3 Å². The van der Waals surface area contributed by atoms with Gasteiger partial charge in [0.05, 0.1) is 24.0 Å². The number of amides is 1. The van der Waals surface area contributed by atoms with E-state index >= 15 is 0 Å². The van der Waals surface area contributed by atoms with Gasteiger partial charge in [-0.15, -0.1) is 0 Å². The number of carbonyl (C=O) groups excluding carboxylic acids is 3. The van der Waals surface area contributed by atoms with Crippen molar-refractivity contribution in [1.29, 1.82) is 0 Å². The highest BCUT2D eigenvalue weighted by Gasteiger charge is 2.53. The van der Waals surface area contributed by atoms with E-state index in [1.165, 1.54) is 7.11 Å². The zero-order chi connectivity index (χ0) is 37.4. The first-order chi connectivity index (χ1) is 24.8. The number of hydrogen-bond acceptors (Lipinski definition) is 9. The van der Waals surface area contributed by atoms with Crippen molar-refractivity contribution in [1.82, 2.24) is 0 Å². The molecule has 0 radical (unpaired) electrons. The average molecular weight is 855 g/mol. The van der Waals surface area contributed by atoms with Gasteiger partial charge in [0.15, 0.2) is 24.6 Å². The fraction of sp³-hybridized carbons (Fsp3) is 0.378. The van der Waals surface area contributed by atoms with Crippen LogP contribution in [0, 0.1) is 11.8 Å². The van der Waals surface area contributed by atoms with Crippen LogP contribution < -0.4 is 5.32 Å². The number of esters is 2. The number of aliphatic hydroxyl groups excluding tert-OH is 1. The predicted octanol–water partition coefficient (Wildman–Crippen LogP) is 7.40. The minimum atomic E-state index is -4.59. The Balaban J connectivity index is 1.48. The van der Waals surface area contributed by atoms with Crippen molar-refractivity contribution in [2.24, 2.45) is 11.8 Å². The number of methoxy groups -OCH3 is 1. The molecule has 3 aromatic rings. The maximum Gasteiger partial charge on any atom is 0.416 e. The van der Waals surface area contributed by atoms with Gasteiger partial charge in [-0.3, -0.25) is 14.9 Å². The smallest absolute Gasteiger partial charge is 0.416 e. The second-order valence-corrected chi connectivity index (χ2v) is 14.2. The lowest BCUT2D eigenvalue weighted by Crippen LogP contribution is -2.63. The van der Waals surface area contributed by atoms with Crippen molar-refractivity contribution in [3.63, 3.8) is 0 Å². The molecule has 0 bridgehead atoms. The number of anilines is 1. The van der Waals surface area contributed by atoms with E-state index in [1.54, 1.807) is 0 Å². The number of allylic oxidation sites excluding steroid dienone is 2. The molecule has 0 unspecified atom stereocenters. The van der Waals surface area contributed by atoms with E-state index in [2.05, 4.69) is 37.2 Å². The van der Waals surface area contributed by atoms with Gasteiger partial charge in [0.2, 0.25) is 0 Å². The largest absolute Gasteiger partial charge is 0.454 e. The number of aliphatic hydroxyl groups is 1. The molecule has 15 heteroatoms. The summed E-state index contributed by atoms with van der Waals surface area (Å²) in [7, 11) is 1.28. The molecule has 3 aromatic carbocycles. The SMILES string of the molecule is CO[C@H]1O[C@H](CO)[C@@H](OC(=O)Nc2ccc(C(F)(F)F)cc2)[C@@H]2OC(=O)[C@H](Cc3cccc(Br)c3)C/C=C/C[C@@H](Cc3cccc(Br)c3)C(=O)O[C@@H]12. The van der Waals surface area contributed by atoms with Gasteiger partial charge < -0.3 is 28.8 Å². The summed E-state index contributed by atoms with van der Waals surface area (Å²) in [6.45, 7) is -0.734. The van der Waals surface area contributed by atoms with Crippen LogP contribution in [0.4, 0.5) is 23.7 Å². The summed E-state index contributed by atoms with van der Waals surface area (Å²) in [5.41, 5.74) is 0.747. The molecule has 0 aromatic heterocycles. The summed E-state index contributed by atoms with van der Waals surface area (Å²) in [6.07, 6.45) is -8.25. The summed E-state index contributed by atoms with van der Waals surface area (Å²) in [6, 6.07) is 18.6. The fourth-order valence-electron chi connectivity index (χ4n) is 6.03. The van der Waals surface area contributed by atoms with Gasteiger partial charge in [0.1, 0.15) is 6.10 Å². The first kappa shape index (κ1) is 39.4. The van der Waals surface area contributed by atoms with Crippen molar-refractivity contribution < 1.29 is 56.3 Å². The van der Waals surface area contributed by atoms with E-state index in [9.17, 15) is 32.7 Å². The van der Waals surface area contributed by atoms with Gasteiger partial charge in [0, 0.05) is 21.7 Å². The van der Waals surface area contributed by atoms with Gasteiger partial charge in [-0.25, -0.2) is 4.79 Å². The van der Waals surface area contributed by atoms with Crippen LogP contribution >= 0.6 is 31.9 Å².